The van der Waals surface area contributed by atoms with Crippen LogP contribution in [0.2, 0.25) is 0 Å². The van der Waals surface area contributed by atoms with Crippen molar-refractivity contribution in [1.29, 1.82) is 0 Å². The minimum absolute atomic E-state index is 0. The number of aromatic amines is 1. The van der Waals surface area contributed by atoms with Gasteiger partial charge in [-0.2, -0.15) is 16.2 Å². The second-order valence-corrected chi connectivity index (χ2v) is 15.7. The van der Waals surface area contributed by atoms with Crippen LogP contribution in [-0.2, 0) is 23.1 Å². The number of phosphoric ester groups is 1. The van der Waals surface area contributed by atoms with Crippen LogP contribution in [0.25, 0.3) is 0 Å². The van der Waals surface area contributed by atoms with Crippen molar-refractivity contribution in [3.05, 3.63) is 32.9 Å². The summed E-state index contributed by atoms with van der Waals surface area (Å²) in [5, 5.41) is 10.7. The number of phosphoric acid groups is 1. The average molecular weight is 749 g/mol. The number of ether oxygens (including phenoxy) is 2. The van der Waals surface area contributed by atoms with Crippen molar-refractivity contribution in [2.75, 3.05) is 25.6 Å². The molecule has 49 heavy (non-hydrogen) atoms. The van der Waals surface area contributed by atoms with Crippen molar-refractivity contribution in [2.24, 2.45) is 0 Å². The summed E-state index contributed by atoms with van der Waals surface area (Å²) in [5.74, 6) is -0.0450. The standard InChI is InChI=1S/C34H62FN2O9PS.Na.H/c1-4-6-8-10-11-12-13-14-16-18-23-48-31(20-17-15-9-7-5-2)27(3)43-21-19-22-44-47(41,42)45-26-30-29(38)24-32(46-30)37-25-28(35)33(39)36-34(37)40;;/h25,27,29-32,38H,4-24,26H2,1-3H3,(H,41,42)(H,36,39,40);;/t27?,29-,30+,31?,32+;;/m0../s1. The van der Waals surface area contributed by atoms with Gasteiger partial charge in [-0.3, -0.25) is 23.4 Å². The first kappa shape index (κ1) is 47.0. The third-order valence-electron chi connectivity index (χ3n) is 8.71. The molecule has 2 heterocycles. The van der Waals surface area contributed by atoms with E-state index in [1.54, 1.807) is 0 Å². The molecule has 0 radical (unpaired) electrons. The number of thioether (sulfide) groups is 1. The molecule has 0 saturated carbocycles. The van der Waals surface area contributed by atoms with Gasteiger partial charge in [0.05, 0.1) is 31.6 Å². The SMILES string of the molecule is CCCCCCCCCCCCSC(CCCCCCC)C(C)OCCCOP(=O)(O)OC[C@H]1O[C@@H](n2cc(F)c(=O)[nH]c2=O)C[C@@H]1O.[NaH]. The van der Waals surface area contributed by atoms with Crippen molar-refractivity contribution in [2.45, 2.75) is 166 Å². The van der Waals surface area contributed by atoms with Gasteiger partial charge in [0.2, 0.25) is 5.82 Å². The molecule has 15 heteroatoms. The molecule has 0 spiro atoms. The first-order valence-electron chi connectivity index (χ1n) is 18.3. The van der Waals surface area contributed by atoms with E-state index < -0.39 is 49.9 Å². The van der Waals surface area contributed by atoms with E-state index in [2.05, 4.69) is 20.8 Å². The van der Waals surface area contributed by atoms with Crippen LogP contribution >= 0.6 is 19.6 Å². The van der Waals surface area contributed by atoms with Gasteiger partial charge in [-0.15, -0.1) is 0 Å². The van der Waals surface area contributed by atoms with Gasteiger partial charge < -0.3 is 19.5 Å². The number of nitrogens with one attached hydrogen (secondary N) is 1. The summed E-state index contributed by atoms with van der Waals surface area (Å²) in [6, 6.07) is 0. The Bertz CT molecular complexity index is 1160. The number of nitrogens with zero attached hydrogens (tertiary/aromatic N) is 1. The predicted molar refractivity (Wildman–Crippen MR) is 196 cm³/mol. The summed E-state index contributed by atoms with van der Waals surface area (Å²) in [6.45, 7) is 6.42. The number of H-pyrrole nitrogens is 1. The zero-order valence-corrected chi connectivity index (χ0v) is 31.2. The monoisotopic (exact) mass is 748 g/mol. The molecular weight excluding hydrogens is 685 g/mol. The molecule has 2 rings (SSSR count). The van der Waals surface area contributed by atoms with Gasteiger partial charge in [0.1, 0.15) is 12.3 Å². The third-order valence-corrected chi connectivity index (χ3v) is 11.3. The Hall–Kier alpha value is -0.0500. The summed E-state index contributed by atoms with van der Waals surface area (Å²) in [5.41, 5.74) is -2.07. The van der Waals surface area contributed by atoms with Gasteiger partial charge in [0.25, 0.3) is 5.56 Å². The number of aromatic nitrogens is 2. The van der Waals surface area contributed by atoms with Crippen molar-refractivity contribution >= 4 is 49.1 Å². The van der Waals surface area contributed by atoms with Crippen LogP contribution in [0.1, 0.15) is 143 Å². The second-order valence-electron chi connectivity index (χ2n) is 12.9. The fourth-order valence-corrected chi connectivity index (χ4v) is 7.88. The fraction of sp³-hybridized carbons (Fsp3) is 0.882. The Balaban J connectivity index is 0.0000120. The predicted octanol–water partition coefficient (Wildman–Crippen LogP) is 6.99. The number of unbranched alkanes of at least 4 members (excludes halogenated alkanes) is 13. The molecule has 11 nitrogen and oxygen atoms in total. The van der Waals surface area contributed by atoms with E-state index >= 15 is 0 Å². The van der Waals surface area contributed by atoms with Crippen molar-refractivity contribution < 1.29 is 37.5 Å². The van der Waals surface area contributed by atoms with Crippen LogP contribution in [0, 0.1) is 5.82 Å². The van der Waals surface area contributed by atoms with Crippen LogP contribution in [0.5, 0.6) is 0 Å². The summed E-state index contributed by atoms with van der Waals surface area (Å²) in [7, 11) is -4.46. The van der Waals surface area contributed by atoms with E-state index in [0.29, 0.717) is 24.5 Å². The Morgan fingerprint density at radius 1 is 0.959 bits per heavy atom. The number of rotatable bonds is 29. The third kappa shape index (κ3) is 20.1. The van der Waals surface area contributed by atoms with Crippen LogP contribution in [-0.4, -0.2) is 98.2 Å². The molecule has 1 aliphatic heterocycles. The maximum atomic E-state index is 13.7. The summed E-state index contributed by atoms with van der Waals surface area (Å²) >= 11 is 2.01. The Kier molecular flexibility index (Phi) is 26.4. The molecule has 0 aliphatic carbocycles. The molecule has 0 aromatic carbocycles. The average Bonchev–Trinajstić information content (AvgIpc) is 3.42. The van der Waals surface area contributed by atoms with E-state index in [4.69, 9.17) is 18.5 Å². The topological polar surface area (TPSA) is 149 Å². The summed E-state index contributed by atoms with van der Waals surface area (Å²) < 4.78 is 48.7. The Labute approximate surface area is 319 Å². The molecule has 1 saturated heterocycles. The molecule has 1 aromatic rings. The first-order chi connectivity index (χ1) is 23.1. The van der Waals surface area contributed by atoms with Gasteiger partial charge >= 0.3 is 43.1 Å². The molecule has 3 N–H and O–H groups in total. The van der Waals surface area contributed by atoms with Crippen molar-refractivity contribution in [1.82, 2.24) is 9.55 Å². The molecular formula is C34H63FN2NaO9PS. The molecule has 282 valence electrons. The number of hydrogen-bond acceptors (Lipinski definition) is 9. The molecule has 3 unspecified atom stereocenters. The van der Waals surface area contributed by atoms with E-state index in [0.717, 1.165) is 16.7 Å². The van der Waals surface area contributed by atoms with Gasteiger partial charge in [0.15, 0.2) is 0 Å². The van der Waals surface area contributed by atoms with Crippen molar-refractivity contribution in [3.63, 3.8) is 0 Å². The zero-order valence-electron chi connectivity index (χ0n) is 29.5. The summed E-state index contributed by atoms with van der Waals surface area (Å²) in [4.78, 5) is 35.2. The summed E-state index contributed by atoms with van der Waals surface area (Å²) in [6.07, 6.45) is 18.3. The second kappa shape index (κ2) is 27.5. The van der Waals surface area contributed by atoms with Crippen LogP contribution < -0.4 is 11.2 Å². The van der Waals surface area contributed by atoms with Crippen molar-refractivity contribution in [3.8, 4) is 0 Å². The molecule has 1 fully saturated rings. The van der Waals surface area contributed by atoms with E-state index in [1.165, 1.54) is 96.3 Å². The molecule has 0 bridgehead atoms. The molecule has 0 amide bonds. The van der Waals surface area contributed by atoms with E-state index in [1.807, 2.05) is 16.7 Å². The van der Waals surface area contributed by atoms with Crippen LogP contribution in [0.3, 0.4) is 0 Å². The maximum absolute atomic E-state index is 13.7. The number of hydrogen-bond donors (Lipinski definition) is 3. The van der Waals surface area contributed by atoms with Gasteiger partial charge in [-0.05, 0) is 31.9 Å². The zero-order chi connectivity index (χ0) is 35.2. The first-order valence-corrected chi connectivity index (χ1v) is 20.8. The van der Waals surface area contributed by atoms with Crippen LogP contribution in [0.4, 0.5) is 4.39 Å². The normalized spacial score (nSPS) is 20.2. The van der Waals surface area contributed by atoms with Gasteiger partial charge in [-0.25, -0.2) is 9.36 Å². The number of aliphatic hydroxyl groups excluding tert-OH is 1. The number of aliphatic hydroxyl groups is 1. The quantitative estimate of drug-likeness (QED) is 0.0445. The Morgan fingerprint density at radius 3 is 2.18 bits per heavy atom. The Morgan fingerprint density at radius 2 is 1.55 bits per heavy atom. The molecule has 6 atom stereocenters. The van der Waals surface area contributed by atoms with Gasteiger partial charge in [-0.1, -0.05) is 104 Å². The van der Waals surface area contributed by atoms with Crippen LogP contribution in [0.15, 0.2) is 15.8 Å². The minimum atomic E-state index is -4.46. The van der Waals surface area contributed by atoms with Gasteiger partial charge in [0, 0.05) is 18.3 Å². The number of halogens is 1. The fourth-order valence-electron chi connectivity index (χ4n) is 5.76. The van der Waals surface area contributed by atoms with E-state index in [9.17, 15) is 28.5 Å². The van der Waals surface area contributed by atoms with E-state index in [-0.39, 0.29) is 48.7 Å². The molecule has 1 aliphatic rings. The molecule has 1 aromatic heterocycles.